The summed E-state index contributed by atoms with van der Waals surface area (Å²) in [7, 11) is 0. The van der Waals surface area contributed by atoms with Gasteiger partial charge in [-0.05, 0) is 13.8 Å². The van der Waals surface area contributed by atoms with Gasteiger partial charge in [-0.15, -0.1) is 11.3 Å². The standard InChI is InChI=1S/C9H13N3OS2/c1-6(2)12(3-8(10)14)9(13)7-4-15-5-11-7/h4-6H,3H2,1-2H3,(H2,10,14). The Bertz CT molecular complexity index is 348. The van der Waals surface area contributed by atoms with Crippen LogP contribution in [0.25, 0.3) is 0 Å². The Kier molecular flexibility index (Phi) is 4.16. The van der Waals surface area contributed by atoms with Gasteiger partial charge in [-0.25, -0.2) is 4.98 Å². The second-order valence-electron chi connectivity index (χ2n) is 3.37. The molecule has 1 rings (SSSR count). The number of nitrogens with two attached hydrogens (primary N) is 1. The second kappa shape index (κ2) is 5.18. The summed E-state index contributed by atoms with van der Waals surface area (Å²) in [6.07, 6.45) is 0. The van der Waals surface area contributed by atoms with Gasteiger partial charge in [0.15, 0.2) is 0 Å². The number of amides is 1. The molecule has 0 fully saturated rings. The first-order valence-corrected chi connectivity index (χ1v) is 5.85. The topological polar surface area (TPSA) is 59.2 Å². The molecule has 82 valence electrons. The molecule has 6 heteroatoms. The fourth-order valence-corrected chi connectivity index (χ4v) is 1.79. The summed E-state index contributed by atoms with van der Waals surface area (Å²) in [6, 6.07) is 0.0562. The number of carbonyl (C=O) groups excluding carboxylic acids is 1. The quantitative estimate of drug-likeness (QED) is 0.809. The van der Waals surface area contributed by atoms with Gasteiger partial charge in [0, 0.05) is 11.4 Å². The van der Waals surface area contributed by atoms with E-state index in [1.807, 2.05) is 13.8 Å². The zero-order valence-corrected chi connectivity index (χ0v) is 10.3. The Labute approximate surface area is 98.1 Å². The molecule has 0 radical (unpaired) electrons. The van der Waals surface area contributed by atoms with Crippen molar-refractivity contribution in [1.29, 1.82) is 0 Å². The fraction of sp³-hybridized carbons (Fsp3) is 0.444. The first kappa shape index (κ1) is 12.1. The lowest BCUT2D eigenvalue weighted by Gasteiger charge is -2.25. The van der Waals surface area contributed by atoms with Crippen molar-refractivity contribution in [2.45, 2.75) is 19.9 Å². The van der Waals surface area contributed by atoms with E-state index in [9.17, 15) is 4.79 Å². The number of nitrogens with zero attached hydrogens (tertiary/aromatic N) is 2. The van der Waals surface area contributed by atoms with Crippen LogP contribution in [0.2, 0.25) is 0 Å². The van der Waals surface area contributed by atoms with Crippen molar-refractivity contribution in [3.8, 4) is 0 Å². The first-order valence-electron chi connectivity index (χ1n) is 4.50. The molecule has 0 atom stereocenters. The van der Waals surface area contributed by atoms with Crippen LogP contribution >= 0.6 is 23.6 Å². The van der Waals surface area contributed by atoms with Crippen LogP contribution in [-0.4, -0.2) is 33.4 Å². The van der Waals surface area contributed by atoms with Gasteiger partial charge in [0.25, 0.3) is 5.91 Å². The van der Waals surface area contributed by atoms with Crippen molar-refractivity contribution >= 4 is 34.5 Å². The average molecular weight is 243 g/mol. The first-order chi connectivity index (χ1) is 7.02. The van der Waals surface area contributed by atoms with E-state index in [0.29, 0.717) is 17.2 Å². The number of hydrogen-bond donors (Lipinski definition) is 1. The van der Waals surface area contributed by atoms with Gasteiger partial charge in [-0.3, -0.25) is 4.79 Å². The average Bonchev–Trinajstić information content (AvgIpc) is 2.65. The van der Waals surface area contributed by atoms with E-state index in [4.69, 9.17) is 18.0 Å². The highest BCUT2D eigenvalue weighted by molar-refractivity contribution is 7.80. The van der Waals surface area contributed by atoms with Gasteiger partial charge in [0.05, 0.1) is 17.0 Å². The van der Waals surface area contributed by atoms with Crippen LogP contribution in [0.1, 0.15) is 24.3 Å². The van der Waals surface area contributed by atoms with Crippen molar-refractivity contribution in [3.63, 3.8) is 0 Å². The van der Waals surface area contributed by atoms with Gasteiger partial charge < -0.3 is 10.6 Å². The minimum Gasteiger partial charge on any atom is -0.392 e. The van der Waals surface area contributed by atoms with E-state index >= 15 is 0 Å². The number of thiazole rings is 1. The molecule has 0 bridgehead atoms. The third-order valence-electron chi connectivity index (χ3n) is 1.86. The summed E-state index contributed by atoms with van der Waals surface area (Å²) < 4.78 is 0. The predicted octanol–water partition coefficient (Wildman–Crippen LogP) is 1.28. The van der Waals surface area contributed by atoms with Crippen molar-refractivity contribution in [1.82, 2.24) is 9.88 Å². The van der Waals surface area contributed by atoms with Gasteiger partial charge >= 0.3 is 0 Å². The molecule has 0 saturated heterocycles. The molecule has 0 aliphatic heterocycles. The summed E-state index contributed by atoms with van der Waals surface area (Å²) in [4.78, 5) is 17.8. The van der Waals surface area contributed by atoms with Crippen LogP contribution in [-0.2, 0) is 0 Å². The third kappa shape index (κ3) is 3.24. The molecule has 4 nitrogen and oxygen atoms in total. The summed E-state index contributed by atoms with van der Waals surface area (Å²) in [5.41, 5.74) is 7.52. The molecular weight excluding hydrogens is 230 g/mol. The fourth-order valence-electron chi connectivity index (χ4n) is 1.12. The molecular formula is C9H13N3OS2. The van der Waals surface area contributed by atoms with E-state index in [1.54, 1.807) is 15.8 Å². The van der Waals surface area contributed by atoms with Crippen LogP contribution in [0.15, 0.2) is 10.9 Å². The molecule has 0 unspecified atom stereocenters. The maximum absolute atomic E-state index is 11.9. The minimum absolute atomic E-state index is 0.0562. The summed E-state index contributed by atoms with van der Waals surface area (Å²) in [5, 5.41) is 1.72. The number of hydrogen-bond acceptors (Lipinski definition) is 4. The highest BCUT2D eigenvalue weighted by atomic mass is 32.1. The minimum atomic E-state index is -0.126. The Morgan fingerprint density at radius 1 is 1.73 bits per heavy atom. The highest BCUT2D eigenvalue weighted by Gasteiger charge is 2.20. The molecule has 0 spiro atoms. The normalized spacial score (nSPS) is 10.3. The Morgan fingerprint density at radius 2 is 2.40 bits per heavy atom. The maximum atomic E-state index is 11.9. The van der Waals surface area contributed by atoms with E-state index in [0.717, 1.165) is 0 Å². The van der Waals surface area contributed by atoms with Crippen LogP contribution in [0.3, 0.4) is 0 Å². The monoisotopic (exact) mass is 243 g/mol. The van der Waals surface area contributed by atoms with Crippen LogP contribution < -0.4 is 5.73 Å². The van der Waals surface area contributed by atoms with Crippen LogP contribution in [0.5, 0.6) is 0 Å². The Balaban J connectivity index is 2.81. The van der Waals surface area contributed by atoms with Crippen LogP contribution in [0, 0.1) is 0 Å². The van der Waals surface area contributed by atoms with Gasteiger partial charge in [0.2, 0.25) is 0 Å². The van der Waals surface area contributed by atoms with Gasteiger partial charge in [0.1, 0.15) is 5.69 Å². The smallest absolute Gasteiger partial charge is 0.273 e. The molecule has 0 aromatic carbocycles. The van der Waals surface area contributed by atoms with Crippen molar-refractivity contribution in [3.05, 3.63) is 16.6 Å². The molecule has 1 amide bonds. The predicted molar refractivity (Wildman–Crippen MR) is 65.1 cm³/mol. The number of carbonyl (C=O) groups is 1. The molecule has 1 aromatic rings. The van der Waals surface area contributed by atoms with Crippen molar-refractivity contribution < 1.29 is 4.79 Å². The zero-order chi connectivity index (χ0) is 11.4. The molecule has 1 aromatic heterocycles. The third-order valence-corrected chi connectivity index (χ3v) is 2.58. The number of rotatable bonds is 4. The summed E-state index contributed by atoms with van der Waals surface area (Å²) >= 11 is 6.20. The molecule has 0 aliphatic rings. The molecule has 2 N–H and O–H groups in total. The maximum Gasteiger partial charge on any atom is 0.273 e. The van der Waals surface area contributed by atoms with Crippen molar-refractivity contribution in [2.75, 3.05) is 6.54 Å². The highest BCUT2D eigenvalue weighted by Crippen LogP contribution is 2.08. The van der Waals surface area contributed by atoms with E-state index in [1.165, 1.54) is 11.3 Å². The SMILES string of the molecule is CC(C)N(CC(N)=S)C(=O)c1cscn1. The largest absolute Gasteiger partial charge is 0.392 e. The molecule has 1 heterocycles. The second-order valence-corrected chi connectivity index (χ2v) is 4.61. The van der Waals surface area contributed by atoms with Crippen molar-refractivity contribution in [2.24, 2.45) is 5.73 Å². The lowest BCUT2D eigenvalue weighted by atomic mass is 10.3. The molecule has 15 heavy (non-hydrogen) atoms. The zero-order valence-electron chi connectivity index (χ0n) is 8.64. The lowest BCUT2D eigenvalue weighted by Crippen LogP contribution is -2.42. The Hall–Kier alpha value is -1.01. The Morgan fingerprint density at radius 3 is 2.80 bits per heavy atom. The van der Waals surface area contributed by atoms with Gasteiger partial charge in [-0.1, -0.05) is 12.2 Å². The van der Waals surface area contributed by atoms with E-state index in [2.05, 4.69) is 4.98 Å². The molecule has 0 aliphatic carbocycles. The van der Waals surface area contributed by atoms with E-state index in [-0.39, 0.29) is 11.9 Å². The molecule has 0 saturated carbocycles. The number of aromatic nitrogens is 1. The number of thiocarbonyl (C=S) groups is 1. The summed E-state index contributed by atoms with van der Waals surface area (Å²) in [5.74, 6) is -0.126. The van der Waals surface area contributed by atoms with E-state index < -0.39 is 0 Å². The van der Waals surface area contributed by atoms with Gasteiger partial charge in [-0.2, -0.15) is 0 Å². The summed E-state index contributed by atoms with van der Waals surface area (Å²) in [6.45, 7) is 4.13. The lowest BCUT2D eigenvalue weighted by molar-refractivity contribution is 0.0731. The van der Waals surface area contributed by atoms with Crippen LogP contribution in [0.4, 0.5) is 0 Å².